The highest BCUT2D eigenvalue weighted by Crippen LogP contribution is 2.29. The molecular formula is C26H32Cl2N4O3. The third kappa shape index (κ3) is 8.27. The molecule has 0 saturated carbocycles. The fourth-order valence-electron chi connectivity index (χ4n) is 3.09. The Bertz CT molecular complexity index is 1200. The number of rotatable bonds is 7. The molecule has 0 unspecified atom stereocenters. The topological polar surface area (TPSA) is 153 Å². The van der Waals surface area contributed by atoms with Crippen molar-refractivity contribution in [2.75, 3.05) is 11.5 Å². The molecule has 188 valence electrons. The molecule has 0 bridgehead atoms. The monoisotopic (exact) mass is 518 g/mol. The number of hydrogen-bond acceptors (Lipinski definition) is 6. The van der Waals surface area contributed by atoms with Gasteiger partial charge in [0.1, 0.15) is 0 Å². The molecule has 0 atom stereocenters. The van der Waals surface area contributed by atoms with E-state index in [1.807, 2.05) is 0 Å². The number of nitriles is 1. The maximum atomic E-state index is 12.1. The minimum absolute atomic E-state index is 0.00627. The molecule has 0 aliphatic carbocycles. The number of Topliss-reactive ketones (excluding diaryl/α,β-unsaturated/α-hetero) is 2. The van der Waals surface area contributed by atoms with Gasteiger partial charge >= 0.3 is 0 Å². The number of nitrogens with two attached hydrogens (primary N) is 3. The lowest BCUT2D eigenvalue weighted by Crippen LogP contribution is -2.33. The number of hydrogen-bond donors (Lipinski definition) is 3. The first-order valence-corrected chi connectivity index (χ1v) is 11.6. The summed E-state index contributed by atoms with van der Waals surface area (Å²) in [6.45, 7) is 10.3. The van der Waals surface area contributed by atoms with Crippen molar-refractivity contribution >= 4 is 52.1 Å². The van der Waals surface area contributed by atoms with Crippen LogP contribution in [0.5, 0.6) is 0 Å². The van der Waals surface area contributed by atoms with Gasteiger partial charge in [-0.05, 0) is 63.1 Å². The number of nitrogen functional groups attached to an aromatic ring is 2. The zero-order valence-electron chi connectivity index (χ0n) is 20.9. The van der Waals surface area contributed by atoms with Gasteiger partial charge in [0, 0.05) is 45.4 Å². The molecule has 0 spiro atoms. The van der Waals surface area contributed by atoms with Crippen LogP contribution in [0.4, 0.5) is 11.4 Å². The number of anilines is 2. The van der Waals surface area contributed by atoms with Gasteiger partial charge in [0.25, 0.3) is 0 Å². The van der Waals surface area contributed by atoms with Crippen LogP contribution in [0.3, 0.4) is 0 Å². The molecular weight excluding hydrogens is 487 g/mol. The van der Waals surface area contributed by atoms with Crippen molar-refractivity contribution in [2.45, 2.75) is 54.4 Å². The Morgan fingerprint density at radius 3 is 1.54 bits per heavy atom. The van der Waals surface area contributed by atoms with Crippen LogP contribution in [0, 0.1) is 36.0 Å². The van der Waals surface area contributed by atoms with E-state index in [1.165, 1.54) is 6.07 Å². The lowest BCUT2D eigenvalue weighted by atomic mass is 9.84. The molecule has 7 nitrogen and oxygen atoms in total. The van der Waals surface area contributed by atoms with Crippen molar-refractivity contribution in [3.63, 3.8) is 0 Å². The summed E-state index contributed by atoms with van der Waals surface area (Å²) >= 11 is 11.8. The molecule has 6 N–H and O–H groups in total. The van der Waals surface area contributed by atoms with Crippen molar-refractivity contribution < 1.29 is 14.4 Å². The van der Waals surface area contributed by atoms with Gasteiger partial charge in [0.2, 0.25) is 5.91 Å². The normalized spacial score (nSPS) is 11.2. The molecule has 35 heavy (non-hydrogen) atoms. The molecule has 0 aliphatic rings. The second-order valence-corrected chi connectivity index (χ2v) is 10.7. The Labute approximate surface area is 216 Å². The Hall–Kier alpha value is -3.08. The number of carbonyl (C=O) groups is 3. The lowest BCUT2D eigenvalue weighted by molar-refractivity contribution is -0.125. The van der Waals surface area contributed by atoms with E-state index in [9.17, 15) is 14.4 Å². The molecule has 9 heteroatoms. The third-order valence-electron chi connectivity index (χ3n) is 5.48. The van der Waals surface area contributed by atoms with Crippen LogP contribution >= 0.6 is 23.2 Å². The first-order valence-electron chi connectivity index (χ1n) is 10.8. The Balaban J connectivity index is 0.000000351. The van der Waals surface area contributed by atoms with Gasteiger partial charge in [-0.3, -0.25) is 14.4 Å². The molecule has 2 rings (SSSR count). The maximum absolute atomic E-state index is 12.1. The van der Waals surface area contributed by atoms with Crippen molar-refractivity contribution in [3.05, 3.63) is 56.6 Å². The molecule has 0 heterocycles. The standard InChI is InChI=1S/C13H17ClN2O2.C13H15ClN2O/c1-7-4-8(14)5-9(11(7)15)10(17)6-13(2,3)12(16)18;1-8-4-9(14)5-10(12(8)16)11(17)6-13(2,3)7-15/h4-5H,6,15H2,1-3H3,(H2,16,18);4-5H,6,16H2,1-3H3. The summed E-state index contributed by atoms with van der Waals surface area (Å²) < 4.78 is 0. The fraction of sp³-hybridized carbons (Fsp3) is 0.385. The Morgan fingerprint density at radius 1 is 0.829 bits per heavy atom. The quantitative estimate of drug-likeness (QED) is 0.317. The number of halogens is 2. The van der Waals surface area contributed by atoms with Gasteiger partial charge in [-0.25, -0.2) is 0 Å². The SMILES string of the molecule is Cc1cc(Cl)cc(C(=O)CC(C)(C)C#N)c1N.Cc1cc(Cl)cc(C(=O)CC(C)(C)C(N)=O)c1N. The van der Waals surface area contributed by atoms with Crippen molar-refractivity contribution in [1.29, 1.82) is 5.26 Å². The minimum atomic E-state index is -0.903. The molecule has 0 aromatic heterocycles. The van der Waals surface area contributed by atoms with Crippen molar-refractivity contribution in [2.24, 2.45) is 16.6 Å². The fourth-order valence-corrected chi connectivity index (χ4v) is 3.64. The molecule has 1 amide bonds. The van der Waals surface area contributed by atoms with Gasteiger partial charge in [-0.15, -0.1) is 0 Å². The first kappa shape index (κ1) is 30.0. The average Bonchev–Trinajstić information content (AvgIpc) is 2.72. The highest BCUT2D eigenvalue weighted by molar-refractivity contribution is 6.31. The Kier molecular flexibility index (Phi) is 9.90. The van der Waals surface area contributed by atoms with E-state index in [1.54, 1.807) is 59.7 Å². The van der Waals surface area contributed by atoms with Crippen LogP contribution in [0.1, 0.15) is 72.4 Å². The van der Waals surface area contributed by atoms with E-state index in [0.29, 0.717) is 32.5 Å². The largest absolute Gasteiger partial charge is 0.398 e. The number of nitrogens with zero attached hydrogens (tertiary/aromatic N) is 1. The highest BCUT2D eigenvalue weighted by atomic mass is 35.5. The first-order chi connectivity index (χ1) is 15.9. The number of benzene rings is 2. The summed E-state index contributed by atoms with van der Waals surface area (Å²) in [5.74, 6) is -0.908. The number of ketones is 2. The molecule has 0 fully saturated rings. The number of amides is 1. The summed E-state index contributed by atoms with van der Waals surface area (Å²) in [5.41, 5.74) is 18.4. The van der Waals surface area contributed by atoms with Crippen LogP contribution in [-0.2, 0) is 4.79 Å². The zero-order valence-corrected chi connectivity index (χ0v) is 22.4. The van der Waals surface area contributed by atoms with E-state index in [4.69, 9.17) is 45.7 Å². The number of aryl methyl sites for hydroxylation is 2. The summed E-state index contributed by atoms with van der Waals surface area (Å²) in [6.07, 6.45) is 0.139. The van der Waals surface area contributed by atoms with Gasteiger partial charge < -0.3 is 17.2 Å². The minimum Gasteiger partial charge on any atom is -0.398 e. The van der Waals surface area contributed by atoms with Crippen molar-refractivity contribution in [1.82, 2.24) is 0 Å². The van der Waals surface area contributed by atoms with Gasteiger partial charge in [-0.2, -0.15) is 5.26 Å². The van der Waals surface area contributed by atoms with Gasteiger partial charge in [0.15, 0.2) is 11.6 Å². The van der Waals surface area contributed by atoms with E-state index in [0.717, 1.165) is 11.1 Å². The maximum Gasteiger partial charge on any atom is 0.223 e. The van der Waals surface area contributed by atoms with Crippen molar-refractivity contribution in [3.8, 4) is 6.07 Å². The molecule has 2 aromatic carbocycles. The lowest BCUT2D eigenvalue weighted by Gasteiger charge is -2.20. The van der Waals surface area contributed by atoms with Crippen LogP contribution in [0.15, 0.2) is 24.3 Å². The second-order valence-electron chi connectivity index (χ2n) is 9.81. The molecule has 2 aromatic rings. The number of primary amides is 1. The predicted octanol–water partition coefficient (Wildman–Crippen LogP) is 5.67. The Morgan fingerprint density at radius 2 is 1.20 bits per heavy atom. The second kappa shape index (κ2) is 11.6. The number of carbonyl (C=O) groups excluding carboxylic acids is 3. The van der Waals surface area contributed by atoms with Gasteiger partial charge in [-0.1, -0.05) is 37.0 Å². The zero-order chi connectivity index (χ0) is 27.3. The van der Waals surface area contributed by atoms with Gasteiger partial charge in [0.05, 0.1) is 16.9 Å². The average molecular weight is 519 g/mol. The van der Waals surface area contributed by atoms with Crippen LogP contribution in [-0.4, -0.2) is 17.5 Å². The van der Waals surface area contributed by atoms with E-state index in [-0.39, 0.29) is 24.4 Å². The van der Waals surface area contributed by atoms with Crippen LogP contribution in [0.2, 0.25) is 10.0 Å². The summed E-state index contributed by atoms with van der Waals surface area (Å²) in [4.78, 5) is 35.4. The van der Waals surface area contributed by atoms with E-state index in [2.05, 4.69) is 6.07 Å². The summed E-state index contributed by atoms with van der Waals surface area (Å²) in [7, 11) is 0. The van der Waals surface area contributed by atoms with Crippen LogP contribution in [0.25, 0.3) is 0 Å². The summed E-state index contributed by atoms with van der Waals surface area (Å²) in [6, 6.07) is 8.57. The van der Waals surface area contributed by atoms with E-state index >= 15 is 0 Å². The van der Waals surface area contributed by atoms with Crippen LogP contribution < -0.4 is 17.2 Å². The summed E-state index contributed by atoms with van der Waals surface area (Å²) in [5, 5.41) is 9.84. The van der Waals surface area contributed by atoms with E-state index < -0.39 is 16.7 Å². The smallest absolute Gasteiger partial charge is 0.223 e. The molecule has 0 aliphatic heterocycles. The highest BCUT2D eigenvalue weighted by Gasteiger charge is 2.29. The predicted molar refractivity (Wildman–Crippen MR) is 141 cm³/mol. The molecule has 0 saturated heterocycles. The third-order valence-corrected chi connectivity index (χ3v) is 5.92. The molecule has 0 radical (unpaired) electrons.